The molecule has 1 N–H and O–H groups in total. The molecule has 2 nitrogen and oxygen atoms in total. The molecule has 1 aliphatic carbocycles. The second-order valence-corrected chi connectivity index (χ2v) is 9.18. The van der Waals surface area contributed by atoms with Gasteiger partial charge >= 0.3 is 5.97 Å². The van der Waals surface area contributed by atoms with Gasteiger partial charge in [0.25, 0.3) is 0 Å². The lowest BCUT2D eigenvalue weighted by Gasteiger charge is -2.34. The van der Waals surface area contributed by atoms with E-state index < -0.39 is 11.4 Å². The fraction of sp³-hybridized carbons (Fsp3) is 0.0385. The van der Waals surface area contributed by atoms with Crippen LogP contribution < -0.4 is 0 Å². The van der Waals surface area contributed by atoms with Gasteiger partial charge < -0.3 is 5.11 Å². The second kappa shape index (κ2) is 7.22. The Morgan fingerprint density at radius 3 is 1.83 bits per heavy atom. The Bertz CT molecular complexity index is 1240. The van der Waals surface area contributed by atoms with E-state index in [0.717, 1.165) is 42.3 Å². The maximum absolute atomic E-state index is 12.2. The van der Waals surface area contributed by atoms with Crippen LogP contribution in [0.25, 0.3) is 11.1 Å². The molecule has 0 atom stereocenters. The average Bonchev–Trinajstić information content (AvgIpc) is 3.04. The zero-order chi connectivity index (χ0) is 20.9. The molecule has 1 aliphatic rings. The zero-order valence-corrected chi connectivity index (χ0v) is 18.9. The van der Waals surface area contributed by atoms with Crippen LogP contribution >= 0.6 is 31.9 Å². The van der Waals surface area contributed by atoms with Crippen LogP contribution in [0.15, 0.2) is 99.9 Å². The molecule has 4 aromatic carbocycles. The van der Waals surface area contributed by atoms with Gasteiger partial charge in [0.15, 0.2) is 0 Å². The number of halogens is 2. The van der Waals surface area contributed by atoms with Gasteiger partial charge in [0.05, 0.1) is 11.0 Å². The number of hydrogen-bond donors (Lipinski definition) is 1. The molecule has 0 aliphatic heterocycles. The highest BCUT2D eigenvalue weighted by Gasteiger charge is 2.47. The smallest absolute Gasteiger partial charge is 0.336 e. The highest BCUT2D eigenvalue weighted by Crippen LogP contribution is 2.57. The van der Waals surface area contributed by atoms with Crippen LogP contribution in [-0.4, -0.2) is 11.1 Å². The third-order valence-corrected chi connectivity index (χ3v) is 6.76. The maximum Gasteiger partial charge on any atom is 0.336 e. The summed E-state index contributed by atoms with van der Waals surface area (Å²) in [5.74, 6) is -0.932. The number of hydrogen-bond acceptors (Lipinski definition) is 1. The Kier molecular flexibility index (Phi) is 4.64. The monoisotopic (exact) mass is 518 g/mol. The summed E-state index contributed by atoms with van der Waals surface area (Å²) >= 11 is 7.21. The van der Waals surface area contributed by atoms with Crippen molar-refractivity contribution in [3.8, 4) is 11.1 Å². The Morgan fingerprint density at radius 1 is 0.700 bits per heavy atom. The van der Waals surface area contributed by atoms with Gasteiger partial charge in [0.1, 0.15) is 0 Å². The Labute approximate surface area is 191 Å². The molecule has 4 heteroatoms. The van der Waals surface area contributed by atoms with Crippen LogP contribution in [0.2, 0.25) is 0 Å². The maximum atomic E-state index is 12.2. The first-order valence-electron chi connectivity index (χ1n) is 9.52. The summed E-state index contributed by atoms with van der Waals surface area (Å²) < 4.78 is 1.71. The first-order valence-corrected chi connectivity index (χ1v) is 11.1. The fourth-order valence-electron chi connectivity index (χ4n) is 4.72. The number of benzene rings is 4. The number of rotatable bonds is 3. The predicted octanol–water partition coefficient (Wildman–Crippen LogP) is 7.27. The summed E-state index contributed by atoms with van der Waals surface area (Å²) in [6.45, 7) is 0. The van der Waals surface area contributed by atoms with Gasteiger partial charge in [-0.05, 0) is 52.1 Å². The van der Waals surface area contributed by atoms with Gasteiger partial charge in [-0.25, -0.2) is 4.79 Å². The van der Waals surface area contributed by atoms with Crippen molar-refractivity contribution in [2.75, 3.05) is 0 Å². The van der Waals surface area contributed by atoms with Gasteiger partial charge in [-0.3, -0.25) is 0 Å². The molecule has 0 saturated carbocycles. The molecule has 0 bridgehead atoms. The number of aromatic carboxylic acids is 1. The standard InChI is InChI=1S/C26H16Br2O2/c27-18-11-12-20-22(14-18)26(16-7-3-1-4-8-16,17-9-5-2-6-10-17)23-15-19(28)13-21(24(20)23)25(29)30/h1-15H,(H,29,30). The van der Waals surface area contributed by atoms with E-state index in [1.54, 1.807) is 6.07 Å². The summed E-state index contributed by atoms with van der Waals surface area (Å²) in [4.78, 5) is 12.2. The summed E-state index contributed by atoms with van der Waals surface area (Å²) in [6.07, 6.45) is 0. The third-order valence-electron chi connectivity index (χ3n) is 5.81. The second-order valence-electron chi connectivity index (χ2n) is 7.35. The molecule has 0 radical (unpaired) electrons. The van der Waals surface area contributed by atoms with E-state index in [9.17, 15) is 9.90 Å². The minimum atomic E-state index is -0.932. The number of carboxylic acids is 1. The lowest BCUT2D eigenvalue weighted by molar-refractivity contribution is 0.0697. The Hall–Kier alpha value is -2.69. The predicted molar refractivity (Wildman–Crippen MR) is 126 cm³/mol. The van der Waals surface area contributed by atoms with Crippen molar-refractivity contribution in [2.24, 2.45) is 0 Å². The Morgan fingerprint density at radius 2 is 1.27 bits per heavy atom. The quantitative estimate of drug-likeness (QED) is 0.272. The van der Waals surface area contributed by atoms with Gasteiger partial charge in [-0.2, -0.15) is 0 Å². The van der Waals surface area contributed by atoms with Crippen molar-refractivity contribution in [1.29, 1.82) is 0 Å². The molecule has 30 heavy (non-hydrogen) atoms. The van der Waals surface area contributed by atoms with E-state index in [0.29, 0.717) is 5.56 Å². The third kappa shape index (κ3) is 2.71. The minimum Gasteiger partial charge on any atom is -0.478 e. The van der Waals surface area contributed by atoms with E-state index in [-0.39, 0.29) is 0 Å². The first-order chi connectivity index (χ1) is 14.5. The lowest BCUT2D eigenvalue weighted by Crippen LogP contribution is -2.28. The minimum absolute atomic E-state index is 0.302. The average molecular weight is 520 g/mol. The Balaban J connectivity index is 2.04. The molecule has 0 aromatic heterocycles. The van der Waals surface area contributed by atoms with Crippen molar-refractivity contribution in [3.05, 3.63) is 128 Å². The van der Waals surface area contributed by atoms with Crippen molar-refractivity contribution in [3.63, 3.8) is 0 Å². The van der Waals surface area contributed by atoms with Gasteiger partial charge in [0, 0.05) is 14.5 Å². The van der Waals surface area contributed by atoms with Crippen molar-refractivity contribution >= 4 is 37.8 Å². The van der Waals surface area contributed by atoms with Crippen LogP contribution in [0.4, 0.5) is 0 Å². The molecule has 0 amide bonds. The highest BCUT2D eigenvalue weighted by molar-refractivity contribution is 9.10. The molecular formula is C26H16Br2O2. The summed E-state index contributed by atoms with van der Waals surface area (Å²) in [7, 11) is 0. The molecule has 146 valence electrons. The van der Waals surface area contributed by atoms with Gasteiger partial charge in [-0.15, -0.1) is 0 Å². The normalized spacial score (nSPS) is 13.5. The van der Waals surface area contributed by atoms with Gasteiger partial charge in [0.2, 0.25) is 0 Å². The van der Waals surface area contributed by atoms with Crippen LogP contribution in [0, 0.1) is 0 Å². The molecule has 4 aromatic rings. The molecule has 0 fully saturated rings. The number of fused-ring (bicyclic) bond motifs is 3. The van der Waals surface area contributed by atoms with E-state index in [1.165, 1.54) is 0 Å². The molecule has 0 unspecified atom stereocenters. The van der Waals surface area contributed by atoms with Crippen LogP contribution in [0.1, 0.15) is 32.6 Å². The van der Waals surface area contributed by atoms with Crippen molar-refractivity contribution < 1.29 is 9.90 Å². The van der Waals surface area contributed by atoms with Crippen LogP contribution in [0.5, 0.6) is 0 Å². The lowest BCUT2D eigenvalue weighted by atomic mass is 9.67. The van der Waals surface area contributed by atoms with E-state index in [4.69, 9.17) is 0 Å². The molecule has 5 rings (SSSR count). The number of carbonyl (C=O) groups is 1. The first kappa shape index (κ1) is 19.3. The number of carboxylic acid groups (broad SMARTS) is 1. The largest absolute Gasteiger partial charge is 0.478 e. The fourth-order valence-corrected chi connectivity index (χ4v) is 5.54. The van der Waals surface area contributed by atoms with E-state index in [2.05, 4.69) is 68.3 Å². The van der Waals surface area contributed by atoms with Crippen molar-refractivity contribution in [1.82, 2.24) is 0 Å². The SMILES string of the molecule is O=C(O)c1cc(Br)cc2c1-c1ccc(Br)cc1C2(c1ccccc1)c1ccccc1. The van der Waals surface area contributed by atoms with Crippen LogP contribution in [0.3, 0.4) is 0 Å². The zero-order valence-electron chi connectivity index (χ0n) is 15.8. The van der Waals surface area contributed by atoms with E-state index >= 15 is 0 Å². The molecular weight excluding hydrogens is 504 g/mol. The highest BCUT2D eigenvalue weighted by atomic mass is 79.9. The van der Waals surface area contributed by atoms with Gasteiger partial charge in [-0.1, -0.05) is 98.6 Å². The van der Waals surface area contributed by atoms with Crippen molar-refractivity contribution in [2.45, 2.75) is 5.41 Å². The molecule has 0 spiro atoms. The van der Waals surface area contributed by atoms with Crippen LogP contribution in [-0.2, 0) is 5.41 Å². The van der Waals surface area contributed by atoms with E-state index in [1.807, 2.05) is 48.5 Å². The summed E-state index contributed by atoms with van der Waals surface area (Å²) in [5.41, 5.74) is 5.66. The topological polar surface area (TPSA) is 37.3 Å². The summed E-state index contributed by atoms with van der Waals surface area (Å²) in [5, 5.41) is 10.0. The molecule has 0 heterocycles. The summed E-state index contributed by atoms with van der Waals surface area (Å²) in [6, 6.07) is 30.5. The molecule has 0 saturated heterocycles.